The number of nitrogens with one attached hydrogen (secondary N) is 1. The van der Waals surface area contributed by atoms with Crippen LogP contribution in [0.5, 0.6) is 0 Å². The maximum atomic E-state index is 11.7. The molecule has 2 aromatic rings. The van der Waals surface area contributed by atoms with E-state index in [4.69, 9.17) is 4.74 Å². The molecule has 0 spiro atoms. The van der Waals surface area contributed by atoms with Crippen molar-refractivity contribution >= 4 is 17.8 Å². The summed E-state index contributed by atoms with van der Waals surface area (Å²) in [5, 5.41) is 13.1. The third-order valence-corrected chi connectivity index (χ3v) is 3.28. The molecular weight excluding hydrogens is 316 g/mol. The van der Waals surface area contributed by atoms with Crippen LogP contribution in [0.4, 0.5) is 5.88 Å². The van der Waals surface area contributed by atoms with Crippen LogP contribution in [0.15, 0.2) is 46.9 Å². The van der Waals surface area contributed by atoms with Crippen LogP contribution in [-0.2, 0) is 9.53 Å². The lowest BCUT2D eigenvalue weighted by atomic mass is 10.0. The van der Waals surface area contributed by atoms with Crippen molar-refractivity contribution in [2.45, 2.75) is 12.8 Å². The summed E-state index contributed by atoms with van der Waals surface area (Å²) in [6.07, 6.45) is 0. The second-order valence-corrected chi connectivity index (χ2v) is 5.09. The fourth-order valence-corrected chi connectivity index (χ4v) is 1.96. The summed E-state index contributed by atoms with van der Waals surface area (Å²) in [7, 11) is 0. The predicted octanol–water partition coefficient (Wildman–Crippen LogP) is 2.26. The average molecular weight is 332 g/mol. The molecule has 1 heterocycles. The van der Waals surface area contributed by atoms with Crippen LogP contribution in [0, 0.1) is 10.1 Å². The molecule has 0 aliphatic rings. The van der Waals surface area contributed by atoms with E-state index in [0.717, 1.165) is 17.7 Å². The summed E-state index contributed by atoms with van der Waals surface area (Å²) in [4.78, 5) is 33.0. The van der Waals surface area contributed by atoms with Crippen molar-refractivity contribution < 1.29 is 23.7 Å². The largest absolute Gasteiger partial charge is 0.450 e. The molecule has 1 N–H and O–H groups in total. The zero-order chi connectivity index (χ0) is 17.5. The topological polar surface area (TPSA) is 112 Å². The molecule has 126 valence electrons. The molecule has 2 rings (SSSR count). The van der Waals surface area contributed by atoms with Gasteiger partial charge >= 0.3 is 11.9 Å². The highest BCUT2D eigenvalue weighted by atomic mass is 16.7. The van der Waals surface area contributed by atoms with Gasteiger partial charge in [-0.15, -0.1) is 0 Å². The van der Waals surface area contributed by atoms with Gasteiger partial charge in [0.1, 0.15) is 4.92 Å². The smallest absolute Gasteiger partial charge is 0.433 e. The normalized spacial score (nSPS) is 11.5. The first kappa shape index (κ1) is 17.2. The van der Waals surface area contributed by atoms with Gasteiger partial charge in [0.2, 0.25) is 5.76 Å². The van der Waals surface area contributed by atoms with Crippen LogP contribution in [0.25, 0.3) is 0 Å². The van der Waals surface area contributed by atoms with Crippen LogP contribution in [-0.4, -0.2) is 30.0 Å². The first-order chi connectivity index (χ1) is 11.5. The standard InChI is InChI=1S/C16H16N2O6/c1-11(12-5-3-2-4-6-12)9-17-14(19)10-23-16(20)13-7-8-15(24-13)18(21)22/h2-8,11H,9-10H2,1H3,(H,17,19)/t11-/m0/s1. The number of nitro groups is 1. The highest BCUT2D eigenvalue weighted by Crippen LogP contribution is 2.16. The van der Waals surface area contributed by atoms with E-state index in [1.165, 1.54) is 0 Å². The number of amides is 1. The van der Waals surface area contributed by atoms with Gasteiger partial charge in [0, 0.05) is 6.54 Å². The van der Waals surface area contributed by atoms with Crippen LogP contribution in [0.2, 0.25) is 0 Å². The molecule has 0 aliphatic carbocycles. The summed E-state index contributed by atoms with van der Waals surface area (Å²) >= 11 is 0. The number of benzene rings is 1. The number of nitrogens with zero attached hydrogens (tertiary/aromatic N) is 1. The number of carbonyl (C=O) groups excluding carboxylic acids is 2. The predicted molar refractivity (Wildman–Crippen MR) is 83.5 cm³/mol. The third kappa shape index (κ3) is 4.67. The Hall–Kier alpha value is -3.16. The van der Waals surface area contributed by atoms with Gasteiger partial charge < -0.3 is 14.5 Å². The molecule has 0 bridgehead atoms. The van der Waals surface area contributed by atoms with E-state index in [1.54, 1.807) is 0 Å². The minimum absolute atomic E-state index is 0.110. The molecule has 0 radical (unpaired) electrons. The summed E-state index contributed by atoms with van der Waals surface area (Å²) < 4.78 is 9.44. The maximum absolute atomic E-state index is 11.7. The Labute approximate surface area is 137 Å². The lowest BCUT2D eigenvalue weighted by molar-refractivity contribution is -0.402. The van der Waals surface area contributed by atoms with Gasteiger partial charge in [-0.25, -0.2) is 4.79 Å². The van der Waals surface area contributed by atoms with Crippen molar-refractivity contribution in [2.75, 3.05) is 13.2 Å². The first-order valence-corrected chi connectivity index (χ1v) is 7.20. The quantitative estimate of drug-likeness (QED) is 0.473. The number of hydrogen-bond acceptors (Lipinski definition) is 6. The van der Waals surface area contributed by atoms with Crippen molar-refractivity contribution in [3.63, 3.8) is 0 Å². The third-order valence-electron chi connectivity index (χ3n) is 3.28. The molecule has 8 nitrogen and oxygen atoms in total. The molecule has 8 heteroatoms. The fourth-order valence-electron chi connectivity index (χ4n) is 1.96. The van der Waals surface area contributed by atoms with Crippen LogP contribution >= 0.6 is 0 Å². The Kier molecular flexibility index (Phi) is 5.67. The summed E-state index contributed by atoms with van der Waals surface area (Å²) in [5.41, 5.74) is 1.08. The molecular formula is C16H16N2O6. The first-order valence-electron chi connectivity index (χ1n) is 7.20. The van der Waals surface area contributed by atoms with E-state index in [2.05, 4.69) is 9.73 Å². The number of furan rings is 1. The van der Waals surface area contributed by atoms with Gasteiger partial charge in [-0.3, -0.25) is 14.9 Å². The zero-order valence-corrected chi connectivity index (χ0v) is 12.9. The summed E-state index contributed by atoms with van der Waals surface area (Å²) in [5.74, 6) is -2.18. The highest BCUT2D eigenvalue weighted by molar-refractivity contribution is 5.89. The molecule has 1 amide bonds. The molecule has 1 aromatic heterocycles. The fraction of sp³-hybridized carbons (Fsp3) is 0.250. The molecule has 0 saturated heterocycles. The molecule has 1 aromatic carbocycles. The molecule has 1 atom stereocenters. The SMILES string of the molecule is C[C@@H](CNC(=O)COC(=O)c1ccc([N+](=O)[O-])o1)c1ccccc1. The molecule has 0 fully saturated rings. The molecule has 0 saturated carbocycles. The summed E-state index contributed by atoms with van der Waals surface area (Å²) in [6, 6.07) is 11.8. The molecule has 24 heavy (non-hydrogen) atoms. The van der Waals surface area contributed by atoms with Crippen LogP contribution in [0.3, 0.4) is 0 Å². The molecule has 0 unspecified atom stereocenters. The van der Waals surface area contributed by atoms with Gasteiger partial charge in [-0.05, 0) is 17.5 Å². The number of ether oxygens (including phenoxy) is 1. The van der Waals surface area contributed by atoms with E-state index in [-0.39, 0.29) is 11.7 Å². The summed E-state index contributed by atoms with van der Waals surface area (Å²) in [6.45, 7) is 1.87. The second-order valence-electron chi connectivity index (χ2n) is 5.09. The lowest BCUT2D eigenvalue weighted by Gasteiger charge is -2.12. The monoisotopic (exact) mass is 332 g/mol. The maximum Gasteiger partial charge on any atom is 0.433 e. The minimum atomic E-state index is -0.936. The van der Waals surface area contributed by atoms with E-state index in [0.29, 0.717) is 6.54 Å². The van der Waals surface area contributed by atoms with Gasteiger partial charge in [-0.2, -0.15) is 0 Å². The van der Waals surface area contributed by atoms with Gasteiger partial charge in [0.15, 0.2) is 6.61 Å². The van der Waals surface area contributed by atoms with Crippen molar-refractivity contribution in [1.29, 1.82) is 0 Å². The Balaban J connectivity index is 1.76. The average Bonchev–Trinajstić information content (AvgIpc) is 3.08. The number of rotatable bonds is 7. The number of carbonyl (C=O) groups is 2. The Bertz CT molecular complexity index is 725. The molecule has 0 aliphatic heterocycles. The van der Waals surface area contributed by atoms with Crippen molar-refractivity contribution in [3.8, 4) is 0 Å². The van der Waals surface area contributed by atoms with Gasteiger partial charge in [0.05, 0.1) is 6.07 Å². The lowest BCUT2D eigenvalue weighted by Crippen LogP contribution is -2.31. The van der Waals surface area contributed by atoms with Crippen molar-refractivity contribution in [2.24, 2.45) is 0 Å². The number of hydrogen-bond donors (Lipinski definition) is 1. The zero-order valence-electron chi connectivity index (χ0n) is 12.9. The van der Waals surface area contributed by atoms with Gasteiger partial charge in [-0.1, -0.05) is 37.3 Å². The van der Waals surface area contributed by atoms with E-state index >= 15 is 0 Å². The Morgan fingerprint density at radius 1 is 1.25 bits per heavy atom. The Morgan fingerprint density at radius 3 is 2.58 bits per heavy atom. The Morgan fingerprint density at radius 2 is 1.96 bits per heavy atom. The van der Waals surface area contributed by atoms with E-state index in [9.17, 15) is 19.7 Å². The van der Waals surface area contributed by atoms with Crippen molar-refractivity contribution in [3.05, 3.63) is 63.9 Å². The van der Waals surface area contributed by atoms with Gasteiger partial charge in [0.25, 0.3) is 5.91 Å². The highest BCUT2D eigenvalue weighted by Gasteiger charge is 2.19. The van der Waals surface area contributed by atoms with E-state index < -0.39 is 29.3 Å². The van der Waals surface area contributed by atoms with Crippen LogP contribution in [0.1, 0.15) is 29.0 Å². The van der Waals surface area contributed by atoms with Crippen molar-refractivity contribution in [1.82, 2.24) is 5.32 Å². The van der Waals surface area contributed by atoms with Crippen LogP contribution < -0.4 is 5.32 Å². The second kappa shape index (κ2) is 7.91. The van der Waals surface area contributed by atoms with E-state index in [1.807, 2.05) is 37.3 Å². The minimum Gasteiger partial charge on any atom is -0.450 e. The number of esters is 1.